The lowest BCUT2D eigenvalue weighted by molar-refractivity contribution is 0.554. The summed E-state index contributed by atoms with van der Waals surface area (Å²) in [7, 11) is -3.09. The van der Waals surface area contributed by atoms with Crippen LogP contribution in [0.1, 0.15) is 77.6 Å². The standard InChI is InChI=1S/C19H44N4O2S/c1-2-3-4-5-6-7-10-19-26(24,25)23-18-12-17-22-15-9-8-14-21-16-11-13-20/h21-23H,2-20H2,1H3. The van der Waals surface area contributed by atoms with Crippen molar-refractivity contribution in [2.45, 2.75) is 77.6 Å². The van der Waals surface area contributed by atoms with Gasteiger partial charge in [-0.15, -0.1) is 0 Å². The third kappa shape index (κ3) is 20.1. The van der Waals surface area contributed by atoms with Crippen molar-refractivity contribution in [1.29, 1.82) is 0 Å². The first kappa shape index (κ1) is 25.8. The molecule has 0 atom stereocenters. The average Bonchev–Trinajstić information content (AvgIpc) is 2.62. The van der Waals surface area contributed by atoms with Gasteiger partial charge in [-0.1, -0.05) is 45.4 Å². The Kier molecular flexibility index (Phi) is 19.4. The number of unbranched alkanes of at least 4 members (excludes halogenated alkanes) is 7. The van der Waals surface area contributed by atoms with Crippen LogP contribution in [0.15, 0.2) is 0 Å². The van der Waals surface area contributed by atoms with E-state index in [1.54, 1.807) is 0 Å². The van der Waals surface area contributed by atoms with Gasteiger partial charge < -0.3 is 16.4 Å². The predicted molar refractivity (Wildman–Crippen MR) is 113 cm³/mol. The van der Waals surface area contributed by atoms with Crippen LogP contribution in [0.2, 0.25) is 0 Å². The molecular formula is C19H44N4O2S. The van der Waals surface area contributed by atoms with Gasteiger partial charge in [0.15, 0.2) is 0 Å². The van der Waals surface area contributed by atoms with Crippen LogP contribution in [-0.4, -0.2) is 53.4 Å². The van der Waals surface area contributed by atoms with Crippen molar-refractivity contribution < 1.29 is 8.42 Å². The van der Waals surface area contributed by atoms with Gasteiger partial charge in [-0.25, -0.2) is 13.1 Å². The summed E-state index contributed by atoms with van der Waals surface area (Å²) in [4.78, 5) is 0. The van der Waals surface area contributed by atoms with E-state index in [0.29, 0.717) is 6.54 Å². The largest absolute Gasteiger partial charge is 0.330 e. The maximum Gasteiger partial charge on any atom is 0.211 e. The highest BCUT2D eigenvalue weighted by Gasteiger charge is 2.08. The Balaban J connectivity index is 3.32. The quantitative estimate of drug-likeness (QED) is 0.225. The van der Waals surface area contributed by atoms with Gasteiger partial charge in [0.1, 0.15) is 0 Å². The summed E-state index contributed by atoms with van der Waals surface area (Å²) in [5.74, 6) is 0.269. The highest BCUT2D eigenvalue weighted by molar-refractivity contribution is 7.89. The Labute approximate surface area is 162 Å². The summed E-state index contributed by atoms with van der Waals surface area (Å²) < 4.78 is 26.5. The summed E-state index contributed by atoms with van der Waals surface area (Å²) in [6.07, 6.45) is 12.2. The summed E-state index contributed by atoms with van der Waals surface area (Å²) in [6.45, 7) is 7.38. The molecule has 0 fully saturated rings. The van der Waals surface area contributed by atoms with Crippen molar-refractivity contribution in [3.05, 3.63) is 0 Å². The van der Waals surface area contributed by atoms with Crippen molar-refractivity contribution in [1.82, 2.24) is 15.4 Å². The fourth-order valence-corrected chi connectivity index (χ4v) is 3.92. The van der Waals surface area contributed by atoms with Crippen LogP contribution in [-0.2, 0) is 10.0 Å². The Bertz CT molecular complexity index is 378. The van der Waals surface area contributed by atoms with E-state index in [9.17, 15) is 8.42 Å². The minimum absolute atomic E-state index is 0.269. The number of rotatable bonds is 21. The molecule has 0 aromatic heterocycles. The molecule has 0 saturated heterocycles. The molecule has 0 amide bonds. The van der Waals surface area contributed by atoms with Gasteiger partial charge in [-0.2, -0.15) is 0 Å². The van der Waals surface area contributed by atoms with E-state index in [4.69, 9.17) is 5.73 Å². The molecule has 7 heteroatoms. The zero-order valence-electron chi connectivity index (χ0n) is 17.0. The molecule has 0 aliphatic heterocycles. The van der Waals surface area contributed by atoms with Crippen molar-refractivity contribution >= 4 is 10.0 Å². The number of hydrogen-bond acceptors (Lipinski definition) is 5. The van der Waals surface area contributed by atoms with Gasteiger partial charge in [-0.3, -0.25) is 0 Å². The molecule has 0 rings (SSSR count). The molecule has 0 radical (unpaired) electrons. The first-order valence-electron chi connectivity index (χ1n) is 10.7. The van der Waals surface area contributed by atoms with Crippen molar-refractivity contribution in [3.8, 4) is 0 Å². The van der Waals surface area contributed by atoms with Crippen LogP contribution < -0.4 is 21.1 Å². The molecule has 0 aliphatic carbocycles. The second-order valence-corrected chi connectivity index (χ2v) is 8.96. The van der Waals surface area contributed by atoms with Gasteiger partial charge in [0.2, 0.25) is 10.0 Å². The number of nitrogens with one attached hydrogen (secondary N) is 3. The Morgan fingerprint density at radius 2 is 1.19 bits per heavy atom. The Morgan fingerprint density at radius 3 is 1.81 bits per heavy atom. The maximum absolute atomic E-state index is 11.9. The Hall–Kier alpha value is -0.210. The van der Waals surface area contributed by atoms with Crippen LogP contribution in [0.5, 0.6) is 0 Å². The number of hydrogen-bond donors (Lipinski definition) is 4. The predicted octanol–water partition coefficient (Wildman–Crippen LogP) is 2.35. The van der Waals surface area contributed by atoms with Crippen LogP contribution in [0.3, 0.4) is 0 Å². The molecule has 6 nitrogen and oxygen atoms in total. The van der Waals surface area contributed by atoms with E-state index in [1.165, 1.54) is 25.7 Å². The molecule has 0 unspecified atom stereocenters. The van der Waals surface area contributed by atoms with Crippen LogP contribution >= 0.6 is 0 Å². The minimum Gasteiger partial charge on any atom is -0.330 e. The van der Waals surface area contributed by atoms with Gasteiger partial charge in [0.05, 0.1) is 5.75 Å². The summed E-state index contributed by atoms with van der Waals surface area (Å²) in [5.41, 5.74) is 5.43. The number of sulfonamides is 1. The van der Waals surface area contributed by atoms with Crippen molar-refractivity contribution in [3.63, 3.8) is 0 Å². The zero-order chi connectivity index (χ0) is 19.3. The molecule has 158 valence electrons. The smallest absolute Gasteiger partial charge is 0.211 e. The normalized spacial score (nSPS) is 11.9. The molecule has 0 saturated carbocycles. The molecule has 0 heterocycles. The van der Waals surface area contributed by atoms with E-state index >= 15 is 0 Å². The summed E-state index contributed by atoms with van der Waals surface area (Å²) >= 11 is 0. The van der Waals surface area contributed by atoms with E-state index in [1.807, 2.05) is 0 Å². The summed E-state index contributed by atoms with van der Waals surface area (Å²) in [6, 6.07) is 0. The van der Waals surface area contributed by atoms with Gasteiger partial charge in [0.25, 0.3) is 0 Å². The molecule has 26 heavy (non-hydrogen) atoms. The molecular weight excluding hydrogens is 348 g/mol. The fourth-order valence-electron chi connectivity index (χ4n) is 2.74. The first-order chi connectivity index (χ1) is 12.6. The van der Waals surface area contributed by atoms with Crippen LogP contribution in [0.25, 0.3) is 0 Å². The highest BCUT2D eigenvalue weighted by Crippen LogP contribution is 2.07. The second kappa shape index (κ2) is 19.5. The second-order valence-electron chi connectivity index (χ2n) is 7.04. The van der Waals surface area contributed by atoms with Crippen molar-refractivity contribution in [2.24, 2.45) is 5.73 Å². The van der Waals surface area contributed by atoms with E-state index < -0.39 is 10.0 Å². The lowest BCUT2D eigenvalue weighted by Crippen LogP contribution is -2.29. The molecule has 0 aromatic carbocycles. The van der Waals surface area contributed by atoms with Crippen LogP contribution in [0.4, 0.5) is 0 Å². The monoisotopic (exact) mass is 392 g/mol. The third-order valence-electron chi connectivity index (χ3n) is 4.38. The van der Waals surface area contributed by atoms with E-state index in [2.05, 4.69) is 22.3 Å². The molecule has 0 aliphatic rings. The SMILES string of the molecule is CCCCCCCCCS(=O)(=O)NCCCNCCCCNCCCN. The summed E-state index contributed by atoms with van der Waals surface area (Å²) in [5, 5.41) is 6.73. The molecule has 0 spiro atoms. The van der Waals surface area contributed by atoms with Crippen LogP contribution in [0, 0.1) is 0 Å². The lowest BCUT2D eigenvalue weighted by Gasteiger charge is -2.08. The van der Waals surface area contributed by atoms with E-state index in [0.717, 1.165) is 77.7 Å². The third-order valence-corrected chi connectivity index (χ3v) is 5.85. The first-order valence-corrected chi connectivity index (χ1v) is 12.4. The average molecular weight is 393 g/mol. The zero-order valence-corrected chi connectivity index (χ0v) is 17.8. The van der Waals surface area contributed by atoms with Gasteiger partial charge in [0, 0.05) is 6.54 Å². The number of nitrogens with two attached hydrogens (primary N) is 1. The lowest BCUT2D eigenvalue weighted by atomic mass is 10.1. The molecule has 0 aromatic rings. The Morgan fingerprint density at radius 1 is 0.654 bits per heavy atom. The van der Waals surface area contributed by atoms with Crippen molar-refractivity contribution in [2.75, 3.05) is 45.0 Å². The fraction of sp³-hybridized carbons (Fsp3) is 1.00. The van der Waals surface area contributed by atoms with E-state index in [-0.39, 0.29) is 5.75 Å². The highest BCUT2D eigenvalue weighted by atomic mass is 32.2. The molecule has 5 N–H and O–H groups in total. The van der Waals surface area contributed by atoms with Gasteiger partial charge in [-0.05, 0) is 64.8 Å². The van der Waals surface area contributed by atoms with Gasteiger partial charge >= 0.3 is 0 Å². The topological polar surface area (TPSA) is 96.2 Å². The maximum atomic E-state index is 11.9. The molecule has 0 bridgehead atoms. The minimum atomic E-state index is -3.09.